The first kappa shape index (κ1) is 16.6. The molecule has 0 amide bonds. The largest absolute Gasteiger partial charge is 0.468 e. The third-order valence-electron chi connectivity index (χ3n) is 2.69. The van der Waals surface area contributed by atoms with Crippen molar-refractivity contribution < 1.29 is 23.1 Å². The molecule has 7 heteroatoms. The Morgan fingerprint density at radius 2 is 2.10 bits per heavy atom. The molecule has 0 aliphatic rings. The molecule has 0 aliphatic carbocycles. The summed E-state index contributed by atoms with van der Waals surface area (Å²) < 4.78 is 27.6. The Hall–Kier alpha value is -1.44. The van der Waals surface area contributed by atoms with Crippen LogP contribution in [0.2, 0.25) is 0 Å². The molecule has 0 spiro atoms. The summed E-state index contributed by atoms with van der Waals surface area (Å²) in [7, 11) is -2.04. The Balaban J connectivity index is 2.96. The maximum absolute atomic E-state index is 11.6. The number of benzene rings is 1. The van der Waals surface area contributed by atoms with Crippen LogP contribution in [-0.4, -0.2) is 45.1 Å². The highest BCUT2D eigenvalue weighted by Gasteiger charge is 2.21. The van der Waals surface area contributed by atoms with E-state index in [9.17, 15) is 18.3 Å². The molecule has 1 aromatic carbocycles. The molecule has 1 rings (SSSR count). The number of rotatable bonds is 6. The Kier molecular flexibility index (Phi) is 5.67. The van der Waals surface area contributed by atoms with Crippen LogP contribution >= 0.6 is 0 Å². The summed E-state index contributed by atoms with van der Waals surface area (Å²) in [5, 5.41) is 12.0. The van der Waals surface area contributed by atoms with Gasteiger partial charge in [0.2, 0.25) is 0 Å². The molecule has 0 saturated carbocycles. The van der Waals surface area contributed by atoms with Gasteiger partial charge in [0.05, 0.1) is 12.0 Å². The molecule has 1 aromatic rings. The molecule has 0 radical (unpaired) electrons. The average molecular weight is 301 g/mol. The highest BCUT2D eigenvalue weighted by molar-refractivity contribution is 7.90. The van der Waals surface area contributed by atoms with Gasteiger partial charge in [0.1, 0.15) is 12.3 Å². The zero-order valence-corrected chi connectivity index (χ0v) is 12.5. The lowest BCUT2D eigenvalue weighted by Gasteiger charge is -2.18. The summed E-state index contributed by atoms with van der Waals surface area (Å²) in [4.78, 5) is 11.8. The van der Waals surface area contributed by atoms with Crippen molar-refractivity contribution in [2.75, 3.05) is 13.4 Å². The van der Waals surface area contributed by atoms with Crippen LogP contribution < -0.4 is 5.32 Å². The normalized spacial score (nSPS) is 14.6. The first-order valence-electron chi connectivity index (χ1n) is 6.05. The fraction of sp³-hybridized carbons (Fsp3) is 0.462. The van der Waals surface area contributed by atoms with Crippen LogP contribution in [0.3, 0.4) is 0 Å². The number of methoxy groups -OCH3 is 1. The maximum atomic E-state index is 11.6. The Morgan fingerprint density at radius 1 is 1.45 bits per heavy atom. The minimum Gasteiger partial charge on any atom is -0.468 e. The van der Waals surface area contributed by atoms with Crippen molar-refractivity contribution in [3.05, 3.63) is 29.8 Å². The van der Waals surface area contributed by atoms with E-state index in [4.69, 9.17) is 0 Å². The maximum Gasteiger partial charge on any atom is 0.323 e. The zero-order valence-electron chi connectivity index (χ0n) is 11.7. The molecule has 6 nitrogen and oxygen atoms in total. The number of aliphatic hydroxyl groups excluding tert-OH is 1. The number of aliphatic hydroxyl groups is 1. The van der Waals surface area contributed by atoms with Crippen LogP contribution in [0.25, 0.3) is 0 Å². The third-order valence-corrected chi connectivity index (χ3v) is 3.80. The van der Waals surface area contributed by atoms with Crippen LogP contribution in [0.4, 0.5) is 0 Å². The van der Waals surface area contributed by atoms with Crippen molar-refractivity contribution in [3.8, 4) is 0 Å². The number of hydrogen-bond donors (Lipinski definition) is 2. The summed E-state index contributed by atoms with van der Waals surface area (Å²) in [6.07, 6.45) is 0.469. The molecule has 20 heavy (non-hydrogen) atoms. The molecule has 0 fully saturated rings. The van der Waals surface area contributed by atoms with E-state index in [0.717, 1.165) is 6.26 Å². The predicted octanol–water partition coefficient (Wildman–Crippen LogP) is 0.102. The third kappa shape index (κ3) is 4.92. The molecule has 0 aliphatic heterocycles. The van der Waals surface area contributed by atoms with Gasteiger partial charge in [-0.25, -0.2) is 8.42 Å². The van der Waals surface area contributed by atoms with Crippen molar-refractivity contribution in [2.45, 2.75) is 30.5 Å². The van der Waals surface area contributed by atoms with Gasteiger partial charge in [-0.2, -0.15) is 0 Å². The molecular weight excluding hydrogens is 282 g/mol. The Bertz CT molecular complexity index is 568. The average Bonchev–Trinajstić information content (AvgIpc) is 2.36. The molecule has 0 heterocycles. The van der Waals surface area contributed by atoms with E-state index in [1.54, 1.807) is 12.1 Å². The van der Waals surface area contributed by atoms with E-state index in [1.165, 1.54) is 26.2 Å². The van der Waals surface area contributed by atoms with Gasteiger partial charge in [0.25, 0.3) is 0 Å². The number of nitrogens with one attached hydrogen (secondary N) is 1. The predicted molar refractivity (Wildman–Crippen MR) is 73.9 cm³/mol. The van der Waals surface area contributed by atoms with Crippen molar-refractivity contribution in [1.29, 1.82) is 0 Å². The SMILES string of the molecule is COC(=O)[C@H](Cc1cccc(S(C)(=O)=O)c1)NC(C)O. The summed E-state index contributed by atoms with van der Waals surface area (Å²) in [5.74, 6) is -0.518. The first-order valence-corrected chi connectivity index (χ1v) is 7.94. The van der Waals surface area contributed by atoms with E-state index in [0.29, 0.717) is 5.56 Å². The number of ether oxygens (including phenoxy) is 1. The van der Waals surface area contributed by atoms with Crippen molar-refractivity contribution >= 4 is 15.8 Å². The minimum atomic E-state index is -3.30. The summed E-state index contributed by atoms with van der Waals surface area (Å²) in [6, 6.07) is 5.59. The van der Waals surface area contributed by atoms with Gasteiger partial charge in [0, 0.05) is 6.26 Å². The number of carbonyl (C=O) groups is 1. The quantitative estimate of drug-likeness (QED) is 0.572. The number of esters is 1. The van der Waals surface area contributed by atoms with Crippen LogP contribution in [0.15, 0.2) is 29.2 Å². The second kappa shape index (κ2) is 6.83. The van der Waals surface area contributed by atoms with E-state index in [-0.39, 0.29) is 11.3 Å². The fourth-order valence-corrected chi connectivity index (χ4v) is 2.47. The number of hydrogen-bond acceptors (Lipinski definition) is 6. The monoisotopic (exact) mass is 301 g/mol. The molecule has 0 saturated heterocycles. The highest BCUT2D eigenvalue weighted by Crippen LogP contribution is 2.13. The van der Waals surface area contributed by atoms with Gasteiger partial charge in [-0.15, -0.1) is 0 Å². The lowest BCUT2D eigenvalue weighted by Crippen LogP contribution is -2.44. The van der Waals surface area contributed by atoms with Crippen LogP contribution in [-0.2, 0) is 25.8 Å². The van der Waals surface area contributed by atoms with Crippen molar-refractivity contribution in [1.82, 2.24) is 5.32 Å². The standard InChI is InChI=1S/C13H19NO5S/c1-9(15)14-12(13(16)19-2)8-10-5-4-6-11(7-10)20(3,17)18/h4-7,9,12,14-15H,8H2,1-3H3/t9?,12-/m0/s1. The highest BCUT2D eigenvalue weighted by atomic mass is 32.2. The van der Waals surface area contributed by atoms with Crippen LogP contribution in [0.1, 0.15) is 12.5 Å². The lowest BCUT2D eigenvalue weighted by atomic mass is 10.1. The molecule has 0 bridgehead atoms. The topological polar surface area (TPSA) is 92.7 Å². The summed E-state index contributed by atoms with van der Waals surface area (Å²) >= 11 is 0. The van der Waals surface area contributed by atoms with E-state index < -0.39 is 28.1 Å². The van der Waals surface area contributed by atoms with Crippen molar-refractivity contribution in [2.24, 2.45) is 0 Å². The smallest absolute Gasteiger partial charge is 0.323 e. The van der Waals surface area contributed by atoms with Gasteiger partial charge in [0.15, 0.2) is 9.84 Å². The zero-order chi connectivity index (χ0) is 15.3. The van der Waals surface area contributed by atoms with E-state index in [2.05, 4.69) is 10.1 Å². The van der Waals surface area contributed by atoms with Crippen molar-refractivity contribution in [3.63, 3.8) is 0 Å². The first-order chi connectivity index (χ1) is 9.24. The summed E-state index contributed by atoms with van der Waals surface area (Å²) in [5.41, 5.74) is 0.663. The van der Waals surface area contributed by atoms with Gasteiger partial charge in [-0.3, -0.25) is 10.1 Å². The van der Waals surface area contributed by atoms with E-state index >= 15 is 0 Å². The van der Waals surface area contributed by atoms with Crippen LogP contribution in [0.5, 0.6) is 0 Å². The van der Waals surface area contributed by atoms with Gasteiger partial charge < -0.3 is 9.84 Å². The number of sulfone groups is 1. The molecule has 2 atom stereocenters. The van der Waals surface area contributed by atoms with Crippen LogP contribution in [0, 0.1) is 0 Å². The molecule has 0 aromatic heterocycles. The van der Waals surface area contributed by atoms with Gasteiger partial charge in [-0.05, 0) is 31.0 Å². The minimum absolute atomic E-state index is 0.190. The van der Waals surface area contributed by atoms with Gasteiger partial charge >= 0.3 is 5.97 Å². The molecule has 112 valence electrons. The Labute approximate surface area is 118 Å². The molecule has 2 N–H and O–H groups in total. The number of carbonyl (C=O) groups excluding carboxylic acids is 1. The summed E-state index contributed by atoms with van der Waals surface area (Å²) in [6.45, 7) is 1.49. The molecule has 1 unspecified atom stereocenters. The second-order valence-corrected chi connectivity index (χ2v) is 6.56. The van der Waals surface area contributed by atoms with Gasteiger partial charge in [-0.1, -0.05) is 12.1 Å². The lowest BCUT2D eigenvalue weighted by molar-refractivity contribution is -0.144. The second-order valence-electron chi connectivity index (χ2n) is 4.54. The fourth-order valence-electron chi connectivity index (χ4n) is 1.78. The molecular formula is C13H19NO5S. The van der Waals surface area contributed by atoms with E-state index in [1.807, 2.05) is 0 Å². The Morgan fingerprint density at radius 3 is 2.60 bits per heavy atom.